The van der Waals surface area contributed by atoms with Crippen molar-refractivity contribution >= 4 is 11.9 Å². The zero-order valence-electron chi connectivity index (χ0n) is 13.7. The molecule has 0 aromatic carbocycles. The number of carbonyl (C=O) groups is 2. The second-order valence-corrected chi connectivity index (χ2v) is 6.05. The molecule has 4 nitrogen and oxygen atoms in total. The summed E-state index contributed by atoms with van der Waals surface area (Å²) in [4.78, 5) is 24.5. The lowest BCUT2D eigenvalue weighted by atomic mass is 9.74. The van der Waals surface area contributed by atoms with Crippen LogP contribution in [0.1, 0.15) is 65.7 Å². The summed E-state index contributed by atoms with van der Waals surface area (Å²) >= 11 is 0. The summed E-state index contributed by atoms with van der Waals surface area (Å²) in [5, 5.41) is 0. The Kier molecular flexibility index (Phi) is 8.40. The van der Waals surface area contributed by atoms with Crippen LogP contribution in [0, 0.1) is 17.8 Å². The van der Waals surface area contributed by atoms with Crippen LogP contribution in [0.5, 0.6) is 0 Å². The smallest absolute Gasteiger partial charge is 0.310 e. The van der Waals surface area contributed by atoms with Gasteiger partial charge in [-0.3, -0.25) is 9.59 Å². The number of carbonyl (C=O) groups excluding carboxylic acids is 2. The first-order valence-electron chi connectivity index (χ1n) is 8.45. The Bertz CT molecular complexity index is 321. The zero-order valence-corrected chi connectivity index (χ0v) is 13.7. The van der Waals surface area contributed by atoms with Crippen molar-refractivity contribution < 1.29 is 19.1 Å². The minimum Gasteiger partial charge on any atom is -0.465 e. The van der Waals surface area contributed by atoms with Crippen molar-refractivity contribution in [2.45, 2.75) is 65.7 Å². The van der Waals surface area contributed by atoms with E-state index in [0.29, 0.717) is 13.2 Å². The highest BCUT2D eigenvalue weighted by Gasteiger charge is 2.39. The van der Waals surface area contributed by atoms with Gasteiger partial charge in [0, 0.05) is 0 Å². The molecule has 0 heterocycles. The Morgan fingerprint density at radius 2 is 1.48 bits per heavy atom. The molecular formula is C17H30O4. The number of ether oxygens (including phenoxy) is 2. The predicted octanol–water partition coefficient (Wildman–Crippen LogP) is 3.73. The highest BCUT2D eigenvalue weighted by atomic mass is 16.5. The van der Waals surface area contributed by atoms with Gasteiger partial charge in [-0.25, -0.2) is 0 Å². The van der Waals surface area contributed by atoms with Crippen molar-refractivity contribution in [1.29, 1.82) is 0 Å². The minimum absolute atomic E-state index is 0.218. The Labute approximate surface area is 128 Å². The molecule has 0 aliphatic heterocycles. The predicted molar refractivity (Wildman–Crippen MR) is 81.7 cm³/mol. The van der Waals surface area contributed by atoms with Gasteiger partial charge in [-0.15, -0.1) is 0 Å². The van der Waals surface area contributed by atoms with Gasteiger partial charge in [0.2, 0.25) is 0 Å². The molecule has 1 aliphatic rings. The lowest BCUT2D eigenvalue weighted by Crippen LogP contribution is -2.37. The lowest BCUT2D eigenvalue weighted by molar-refractivity contribution is -0.163. The van der Waals surface area contributed by atoms with E-state index in [1.165, 1.54) is 6.42 Å². The third-order valence-electron chi connectivity index (χ3n) is 4.24. The van der Waals surface area contributed by atoms with Crippen LogP contribution in [-0.2, 0) is 19.1 Å². The van der Waals surface area contributed by atoms with E-state index in [1.807, 2.05) is 20.8 Å². The molecule has 2 atom stereocenters. The van der Waals surface area contributed by atoms with E-state index >= 15 is 0 Å². The van der Waals surface area contributed by atoms with E-state index in [1.54, 1.807) is 0 Å². The van der Waals surface area contributed by atoms with E-state index in [-0.39, 0.29) is 23.8 Å². The summed E-state index contributed by atoms with van der Waals surface area (Å²) in [7, 11) is 0. The maximum Gasteiger partial charge on any atom is 0.310 e. The van der Waals surface area contributed by atoms with Crippen LogP contribution >= 0.6 is 0 Å². The number of esters is 2. The molecule has 1 rings (SSSR count). The van der Waals surface area contributed by atoms with Gasteiger partial charge in [0.1, 0.15) is 0 Å². The zero-order chi connectivity index (χ0) is 15.7. The van der Waals surface area contributed by atoms with Crippen LogP contribution in [0.25, 0.3) is 0 Å². The van der Waals surface area contributed by atoms with Gasteiger partial charge in [-0.05, 0) is 31.6 Å². The van der Waals surface area contributed by atoms with E-state index in [0.717, 1.165) is 38.5 Å². The molecule has 1 fully saturated rings. The largest absolute Gasteiger partial charge is 0.465 e. The maximum atomic E-state index is 12.4. The van der Waals surface area contributed by atoms with Crippen LogP contribution in [0.4, 0.5) is 0 Å². The van der Waals surface area contributed by atoms with Crippen LogP contribution in [-0.4, -0.2) is 25.2 Å². The van der Waals surface area contributed by atoms with E-state index in [9.17, 15) is 9.59 Å². The van der Waals surface area contributed by atoms with Gasteiger partial charge in [0.05, 0.1) is 25.0 Å². The fourth-order valence-corrected chi connectivity index (χ4v) is 3.08. The molecule has 0 amide bonds. The summed E-state index contributed by atoms with van der Waals surface area (Å²) in [6, 6.07) is 0. The molecule has 122 valence electrons. The quantitative estimate of drug-likeness (QED) is 0.641. The van der Waals surface area contributed by atoms with E-state index < -0.39 is 5.92 Å². The standard InChI is InChI=1S/C17H30O4/c1-4-11-20-16(18)13(3)15(17(19)21-12-5-2)14-9-7-6-8-10-14/h13-15H,4-12H2,1-3H3. The second kappa shape index (κ2) is 9.80. The second-order valence-electron chi connectivity index (χ2n) is 6.05. The van der Waals surface area contributed by atoms with Gasteiger partial charge >= 0.3 is 11.9 Å². The first-order valence-corrected chi connectivity index (χ1v) is 8.45. The van der Waals surface area contributed by atoms with E-state index in [2.05, 4.69) is 0 Å². The Morgan fingerprint density at radius 3 is 2.00 bits per heavy atom. The maximum absolute atomic E-state index is 12.4. The molecule has 0 saturated heterocycles. The summed E-state index contributed by atoms with van der Waals surface area (Å²) in [6.07, 6.45) is 7.12. The minimum atomic E-state index is -0.413. The normalized spacial score (nSPS) is 18.8. The summed E-state index contributed by atoms with van der Waals surface area (Å²) in [5.41, 5.74) is 0. The number of hydrogen-bond acceptors (Lipinski definition) is 4. The highest BCUT2D eigenvalue weighted by molar-refractivity contribution is 5.82. The van der Waals surface area contributed by atoms with Crippen molar-refractivity contribution in [2.75, 3.05) is 13.2 Å². The van der Waals surface area contributed by atoms with Crippen LogP contribution in [0.2, 0.25) is 0 Å². The van der Waals surface area contributed by atoms with Crippen LogP contribution < -0.4 is 0 Å². The average Bonchev–Trinajstić information content (AvgIpc) is 2.51. The first kappa shape index (κ1) is 18.0. The third kappa shape index (κ3) is 5.68. The van der Waals surface area contributed by atoms with Gasteiger partial charge in [0.15, 0.2) is 0 Å². The number of hydrogen-bond donors (Lipinski definition) is 0. The summed E-state index contributed by atoms with van der Waals surface area (Å²) < 4.78 is 10.6. The molecule has 4 heteroatoms. The molecule has 0 N–H and O–H groups in total. The Hall–Kier alpha value is -1.06. The molecule has 0 aromatic rings. The molecule has 0 radical (unpaired) electrons. The SMILES string of the molecule is CCCOC(=O)C(C)C(C(=O)OCCC)C1CCCCC1. The summed E-state index contributed by atoms with van der Waals surface area (Å²) in [6.45, 7) is 6.60. The van der Waals surface area contributed by atoms with E-state index in [4.69, 9.17) is 9.47 Å². The summed E-state index contributed by atoms with van der Waals surface area (Å²) in [5.74, 6) is -0.983. The third-order valence-corrected chi connectivity index (χ3v) is 4.24. The van der Waals surface area contributed by atoms with Crippen molar-refractivity contribution in [3.63, 3.8) is 0 Å². The van der Waals surface area contributed by atoms with Crippen molar-refractivity contribution in [2.24, 2.45) is 17.8 Å². The Morgan fingerprint density at radius 1 is 0.952 bits per heavy atom. The molecule has 2 unspecified atom stereocenters. The van der Waals surface area contributed by atoms with Gasteiger partial charge in [0.25, 0.3) is 0 Å². The monoisotopic (exact) mass is 298 g/mol. The van der Waals surface area contributed by atoms with Crippen molar-refractivity contribution in [3.05, 3.63) is 0 Å². The van der Waals surface area contributed by atoms with Crippen LogP contribution in [0.3, 0.4) is 0 Å². The van der Waals surface area contributed by atoms with Crippen LogP contribution in [0.15, 0.2) is 0 Å². The first-order chi connectivity index (χ1) is 10.1. The fourth-order valence-electron chi connectivity index (χ4n) is 3.08. The molecule has 0 spiro atoms. The molecule has 1 aliphatic carbocycles. The van der Waals surface area contributed by atoms with Gasteiger partial charge in [-0.1, -0.05) is 40.0 Å². The molecule has 21 heavy (non-hydrogen) atoms. The van der Waals surface area contributed by atoms with Crippen molar-refractivity contribution in [3.8, 4) is 0 Å². The van der Waals surface area contributed by atoms with Gasteiger partial charge in [-0.2, -0.15) is 0 Å². The topological polar surface area (TPSA) is 52.6 Å². The molecular weight excluding hydrogens is 268 g/mol. The molecule has 1 saturated carbocycles. The molecule has 0 bridgehead atoms. The Balaban J connectivity index is 2.73. The lowest BCUT2D eigenvalue weighted by Gasteiger charge is -2.31. The number of rotatable bonds is 8. The highest BCUT2D eigenvalue weighted by Crippen LogP contribution is 2.35. The van der Waals surface area contributed by atoms with Crippen molar-refractivity contribution in [1.82, 2.24) is 0 Å². The fraction of sp³-hybridized carbons (Fsp3) is 0.882. The average molecular weight is 298 g/mol. The molecule has 0 aromatic heterocycles. The van der Waals surface area contributed by atoms with Gasteiger partial charge < -0.3 is 9.47 Å².